The highest BCUT2D eigenvalue weighted by Gasteiger charge is 2.43. The number of fused-ring (bicyclic) bond motifs is 2. The van der Waals surface area contributed by atoms with Gasteiger partial charge in [-0.05, 0) is 34.9 Å². The lowest BCUT2D eigenvalue weighted by Crippen LogP contribution is -2.38. The Bertz CT molecular complexity index is 908. The summed E-state index contributed by atoms with van der Waals surface area (Å²) in [6.07, 6.45) is 3.78. The third-order valence-electron chi connectivity index (χ3n) is 5.38. The Morgan fingerprint density at radius 2 is 1.33 bits per heavy atom. The second-order valence-corrected chi connectivity index (χ2v) is 7.59. The summed E-state index contributed by atoms with van der Waals surface area (Å²) in [4.78, 5) is 9.42. The van der Waals surface area contributed by atoms with Gasteiger partial charge >= 0.3 is 0 Å². The van der Waals surface area contributed by atoms with Gasteiger partial charge in [0.25, 0.3) is 0 Å². The molecule has 4 rings (SSSR count). The summed E-state index contributed by atoms with van der Waals surface area (Å²) >= 11 is 0. The molecule has 1 aliphatic rings. The minimum Gasteiger partial charge on any atom is -0.260 e. The summed E-state index contributed by atoms with van der Waals surface area (Å²) < 4.78 is 0. The average Bonchev–Trinajstić information content (AvgIpc) is 2.61. The van der Waals surface area contributed by atoms with Crippen molar-refractivity contribution >= 4 is 0 Å². The normalized spacial score (nSPS) is 17.0. The van der Waals surface area contributed by atoms with E-state index >= 15 is 0 Å². The van der Waals surface area contributed by atoms with Crippen LogP contribution in [-0.2, 0) is 10.8 Å². The quantitative estimate of drug-likeness (QED) is 0.624. The minimum atomic E-state index is -0.119. The number of hydrogen-bond acceptors (Lipinski definition) is 2. The molecule has 2 heteroatoms. The van der Waals surface area contributed by atoms with Crippen molar-refractivity contribution in [2.45, 2.75) is 38.5 Å². The fourth-order valence-electron chi connectivity index (χ4n) is 4.14. The molecular weight excluding hydrogens is 292 g/mol. The Kier molecular flexibility index (Phi) is 3.14. The maximum atomic E-state index is 4.82. The SMILES string of the molecule is CC1(C)c2ccccc2C(C)(C)c2c(-c3ccccn3)ccnc21. The third kappa shape index (κ3) is 1.96. The molecular formula is C22H22N2. The van der Waals surface area contributed by atoms with E-state index in [4.69, 9.17) is 4.98 Å². The lowest BCUT2D eigenvalue weighted by Gasteiger charge is -2.43. The van der Waals surface area contributed by atoms with Crippen LogP contribution in [0.3, 0.4) is 0 Å². The van der Waals surface area contributed by atoms with Gasteiger partial charge in [0, 0.05) is 28.8 Å². The number of rotatable bonds is 1. The minimum absolute atomic E-state index is 0.109. The zero-order valence-electron chi connectivity index (χ0n) is 14.7. The standard InChI is InChI=1S/C22H22N2/c1-21(2)16-9-5-6-10-17(16)22(3,4)20-19(21)15(12-14-24-20)18-11-7-8-13-23-18/h5-14H,1-4H3. The van der Waals surface area contributed by atoms with Crippen molar-refractivity contribution in [3.63, 3.8) is 0 Å². The van der Waals surface area contributed by atoms with Crippen molar-refractivity contribution in [1.82, 2.24) is 9.97 Å². The molecule has 2 aromatic heterocycles. The molecule has 1 aromatic carbocycles. The first-order valence-corrected chi connectivity index (χ1v) is 8.45. The zero-order valence-corrected chi connectivity index (χ0v) is 14.7. The van der Waals surface area contributed by atoms with Gasteiger partial charge in [0.1, 0.15) is 0 Å². The van der Waals surface area contributed by atoms with Gasteiger partial charge in [0.2, 0.25) is 0 Å². The molecule has 0 saturated carbocycles. The van der Waals surface area contributed by atoms with E-state index in [9.17, 15) is 0 Å². The van der Waals surface area contributed by atoms with Crippen molar-refractivity contribution in [2.24, 2.45) is 0 Å². The number of hydrogen-bond donors (Lipinski definition) is 0. The summed E-state index contributed by atoms with van der Waals surface area (Å²) in [6.45, 7) is 9.15. The van der Waals surface area contributed by atoms with Crippen LogP contribution in [0.1, 0.15) is 50.1 Å². The van der Waals surface area contributed by atoms with Crippen molar-refractivity contribution in [2.75, 3.05) is 0 Å². The fraction of sp³-hybridized carbons (Fsp3) is 0.273. The first-order chi connectivity index (χ1) is 11.4. The maximum Gasteiger partial charge on any atom is 0.0706 e. The molecule has 0 N–H and O–H groups in total. The molecule has 0 radical (unpaired) electrons. The highest BCUT2D eigenvalue weighted by atomic mass is 14.7. The molecule has 0 bridgehead atoms. The van der Waals surface area contributed by atoms with Crippen LogP contribution in [0.25, 0.3) is 11.3 Å². The first kappa shape index (κ1) is 15.1. The molecule has 0 atom stereocenters. The molecule has 2 nitrogen and oxygen atoms in total. The second kappa shape index (κ2) is 5.01. The van der Waals surface area contributed by atoms with Crippen molar-refractivity contribution in [3.05, 3.63) is 83.3 Å². The van der Waals surface area contributed by atoms with Gasteiger partial charge in [-0.2, -0.15) is 0 Å². The Morgan fingerprint density at radius 1 is 0.667 bits per heavy atom. The van der Waals surface area contributed by atoms with Crippen LogP contribution in [0.5, 0.6) is 0 Å². The third-order valence-corrected chi connectivity index (χ3v) is 5.38. The molecule has 0 amide bonds. The largest absolute Gasteiger partial charge is 0.260 e. The molecule has 3 aromatic rings. The summed E-state index contributed by atoms with van der Waals surface area (Å²) in [5, 5.41) is 0. The molecule has 0 aliphatic heterocycles. The van der Waals surface area contributed by atoms with Gasteiger partial charge in [-0.15, -0.1) is 0 Å². The first-order valence-electron chi connectivity index (χ1n) is 8.45. The van der Waals surface area contributed by atoms with Crippen LogP contribution < -0.4 is 0 Å². The second-order valence-electron chi connectivity index (χ2n) is 7.59. The van der Waals surface area contributed by atoms with Gasteiger partial charge in [0.05, 0.1) is 11.4 Å². The van der Waals surface area contributed by atoms with E-state index < -0.39 is 0 Å². The predicted molar refractivity (Wildman–Crippen MR) is 98.2 cm³/mol. The monoisotopic (exact) mass is 314 g/mol. The van der Waals surface area contributed by atoms with E-state index in [0.717, 1.165) is 11.4 Å². The highest BCUT2D eigenvalue weighted by molar-refractivity contribution is 5.71. The van der Waals surface area contributed by atoms with Gasteiger partial charge in [-0.25, -0.2) is 0 Å². The summed E-state index contributed by atoms with van der Waals surface area (Å²) in [6, 6.07) is 17.0. The molecule has 0 saturated heterocycles. The topological polar surface area (TPSA) is 25.8 Å². The van der Waals surface area contributed by atoms with Gasteiger partial charge in [0.15, 0.2) is 0 Å². The molecule has 2 heterocycles. The zero-order chi connectivity index (χ0) is 16.9. The lowest BCUT2D eigenvalue weighted by atomic mass is 9.60. The van der Waals surface area contributed by atoms with Crippen molar-refractivity contribution in [1.29, 1.82) is 0 Å². The van der Waals surface area contributed by atoms with Crippen LogP contribution >= 0.6 is 0 Å². The van der Waals surface area contributed by atoms with E-state index in [1.807, 2.05) is 24.5 Å². The van der Waals surface area contributed by atoms with E-state index in [1.165, 1.54) is 22.3 Å². The maximum absolute atomic E-state index is 4.82. The molecule has 120 valence electrons. The number of benzene rings is 1. The average molecular weight is 314 g/mol. The molecule has 0 fully saturated rings. The smallest absolute Gasteiger partial charge is 0.0706 e. The summed E-state index contributed by atoms with van der Waals surface area (Å²) in [7, 11) is 0. The van der Waals surface area contributed by atoms with Crippen LogP contribution in [0.15, 0.2) is 60.9 Å². The number of aromatic nitrogens is 2. The molecule has 0 spiro atoms. The number of nitrogens with zero attached hydrogens (tertiary/aromatic N) is 2. The lowest BCUT2D eigenvalue weighted by molar-refractivity contribution is 0.506. The number of pyridine rings is 2. The Morgan fingerprint density at radius 3 is 2.00 bits per heavy atom. The van der Waals surface area contributed by atoms with E-state index in [1.54, 1.807) is 0 Å². The molecule has 24 heavy (non-hydrogen) atoms. The van der Waals surface area contributed by atoms with Gasteiger partial charge < -0.3 is 0 Å². The van der Waals surface area contributed by atoms with Crippen molar-refractivity contribution in [3.8, 4) is 11.3 Å². The Labute approximate surface area is 143 Å². The van der Waals surface area contributed by atoms with Crippen molar-refractivity contribution < 1.29 is 0 Å². The summed E-state index contributed by atoms with van der Waals surface area (Å²) in [5.41, 5.74) is 7.18. The van der Waals surface area contributed by atoms with Gasteiger partial charge in [-0.1, -0.05) is 58.0 Å². The van der Waals surface area contributed by atoms with Crippen LogP contribution in [0.2, 0.25) is 0 Å². The van der Waals surface area contributed by atoms with Crippen LogP contribution in [-0.4, -0.2) is 9.97 Å². The molecule has 0 unspecified atom stereocenters. The Hall–Kier alpha value is -2.48. The van der Waals surface area contributed by atoms with Crippen LogP contribution in [0, 0.1) is 0 Å². The predicted octanol–water partition coefficient (Wildman–Crippen LogP) is 5.11. The van der Waals surface area contributed by atoms with Crippen LogP contribution in [0.4, 0.5) is 0 Å². The van der Waals surface area contributed by atoms with E-state index in [0.29, 0.717) is 0 Å². The van der Waals surface area contributed by atoms with E-state index in [2.05, 4.69) is 69.1 Å². The highest BCUT2D eigenvalue weighted by Crippen LogP contribution is 2.51. The van der Waals surface area contributed by atoms with E-state index in [-0.39, 0.29) is 10.8 Å². The molecule has 1 aliphatic carbocycles. The Balaban J connectivity index is 2.09. The van der Waals surface area contributed by atoms with Gasteiger partial charge in [-0.3, -0.25) is 9.97 Å². The fourth-order valence-corrected chi connectivity index (χ4v) is 4.14. The summed E-state index contributed by atoms with van der Waals surface area (Å²) in [5.74, 6) is 0.